The second kappa shape index (κ2) is 8.82. The Morgan fingerprint density at radius 2 is 1.91 bits per heavy atom. The third kappa shape index (κ3) is 4.45. The van der Waals surface area contributed by atoms with E-state index in [0.717, 1.165) is 0 Å². The number of allylic oxidation sites excluding steroid dienone is 1. The average Bonchev–Trinajstić information content (AvgIpc) is 3.07. The minimum Gasteiger partial charge on any atom is -0.405 e. The lowest BCUT2D eigenvalue weighted by molar-refractivity contribution is -0.117. The van der Waals surface area contributed by atoms with Crippen molar-refractivity contribution >= 4 is 23.0 Å². The molecule has 33 heavy (non-hydrogen) atoms. The number of nitrogens with two attached hydrogens (primary N) is 1. The van der Waals surface area contributed by atoms with E-state index in [-0.39, 0.29) is 34.0 Å². The number of hydrogen-bond donors (Lipinski definition) is 1. The van der Waals surface area contributed by atoms with Crippen LogP contribution in [0.4, 0.5) is 15.8 Å². The Kier molecular flexibility index (Phi) is 5.91. The highest BCUT2D eigenvalue weighted by atomic mass is 19.1. The molecule has 3 aromatic rings. The van der Waals surface area contributed by atoms with Gasteiger partial charge in [-0.1, -0.05) is 18.2 Å². The Morgan fingerprint density at radius 1 is 1.15 bits per heavy atom. The zero-order valence-corrected chi connectivity index (χ0v) is 18.4. The fraction of sp³-hybridized carbons (Fsp3) is 0.200. The van der Waals surface area contributed by atoms with Crippen molar-refractivity contribution in [3.63, 3.8) is 0 Å². The molecule has 2 aromatic carbocycles. The number of carbonyl (C=O) groups excluding carboxylic acids is 1. The smallest absolute Gasteiger partial charge is 0.227 e. The number of hydrogen-bond acceptors (Lipinski definition) is 5. The predicted molar refractivity (Wildman–Crippen MR) is 127 cm³/mol. The number of benzene rings is 2. The highest BCUT2D eigenvalue weighted by Gasteiger charge is 2.38. The maximum absolute atomic E-state index is 15.2. The van der Waals surface area contributed by atoms with Gasteiger partial charge in [0.2, 0.25) is 11.3 Å². The summed E-state index contributed by atoms with van der Waals surface area (Å²) in [6.45, 7) is 3.91. The zero-order valence-electron chi connectivity index (χ0n) is 18.4. The molecule has 8 heteroatoms. The van der Waals surface area contributed by atoms with Gasteiger partial charge in [0.25, 0.3) is 0 Å². The summed E-state index contributed by atoms with van der Waals surface area (Å²) in [6.07, 6.45) is 5.27. The minimum atomic E-state index is -0.569. The van der Waals surface area contributed by atoms with Crippen LogP contribution in [0.1, 0.15) is 32.4 Å². The van der Waals surface area contributed by atoms with Gasteiger partial charge >= 0.3 is 0 Å². The van der Waals surface area contributed by atoms with Gasteiger partial charge in [-0.2, -0.15) is 5.10 Å². The lowest BCUT2D eigenvalue weighted by Crippen LogP contribution is -2.40. The van der Waals surface area contributed by atoms with Crippen molar-refractivity contribution in [2.45, 2.75) is 32.2 Å². The molecule has 1 fully saturated rings. The molecule has 0 spiro atoms. The van der Waals surface area contributed by atoms with Gasteiger partial charge in [-0.3, -0.25) is 9.59 Å². The summed E-state index contributed by atoms with van der Waals surface area (Å²) in [4.78, 5) is 31.0. The lowest BCUT2D eigenvalue weighted by Gasteiger charge is -2.31. The lowest BCUT2D eigenvalue weighted by atomic mass is 10.0. The molecule has 0 atom stereocenters. The van der Waals surface area contributed by atoms with E-state index in [0.29, 0.717) is 24.2 Å². The maximum atomic E-state index is 15.2. The number of halogens is 1. The molecule has 1 saturated heterocycles. The minimum absolute atomic E-state index is 0.0300. The van der Waals surface area contributed by atoms with Gasteiger partial charge in [0.1, 0.15) is 5.69 Å². The van der Waals surface area contributed by atoms with E-state index in [1.165, 1.54) is 35.3 Å². The number of carbonyl (C=O) groups is 1. The van der Waals surface area contributed by atoms with Crippen molar-refractivity contribution in [1.29, 1.82) is 0 Å². The molecule has 0 saturated carbocycles. The molecule has 2 N–H and O–H groups in total. The summed E-state index contributed by atoms with van der Waals surface area (Å²) in [7, 11) is 0. The summed E-state index contributed by atoms with van der Waals surface area (Å²) < 4.78 is 16.4. The standard InChI is InChI=1S/C25H24FN5O2/c1-25(2)13-10-23(33)31(25)18-8-9-21(19(26)16-18)30-15-12-22(32)24(29-30)20(11-14-27)28-17-6-4-3-5-7-17/h3-9,11-12,14-16H,10,13,27H2,1-2H3. The number of aliphatic imine (C=N–C) groups is 1. The molecule has 168 valence electrons. The quantitative estimate of drug-likeness (QED) is 0.604. The first-order valence-corrected chi connectivity index (χ1v) is 10.6. The number of rotatable bonds is 5. The zero-order chi connectivity index (χ0) is 23.6. The van der Waals surface area contributed by atoms with Crippen molar-refractivity contribution < 1.29 is 9.18 Å². The van der Waals surface area contributed by atoms with Crippen LogP contribution in [0.15, 0.2) is 82.9 Å². The Balaban J connectivity index is 1.75. The fourth-order valence-electron chi connectivity index (χ4n) is 3.91. The summed E-state index contributed by atoms with van der Waals surface area (Å²) in [5.74, 6) is -0.604. The molecule has 0 unspecified atom stereocenters. The Labute approximate surface area is 190 Å². The van der Waals surface area contributed by atoms with Crippen LogP contribution in [0.5, 0.6) is 0 Å². The predicted octanol–water partition coefficient (Wildman–Crippen LogP) is 3.87. The van der Waals surface area contributed by atoms with E-state index in [1.807, 2.05) is 32.0 Å². The molecule has 1 aliphatic rings. The number of nitrogens with zero attached hydrogens (tertiary/aromatic N) is 4. The summed E-state index contributed by atoms with van der Waals surface area (Å²) in [5, 5.41) is 4.34. The van der Waals surface area contributed by atoms with E-state index in [4.69, 9.17) is 5.73 Å². The molecule has 0 aliphatic carbocycles. The SMILES string of the molecule is CC1(C)CCC(=O)N1c1ccc(-n2ccc(=O)c(C(C=CN)=Nc3ccccc3)n2)c(F)c1. The van der Waals surface area contributed by atoms with Crippen molar-refractivity contribution in [2.24, 2.45) is 10.7 Å². The first-order chi connectivity index (χ1) is 15.8. The summed E-state index contributed by atoms with van der Waals surface area (Å²) >= 11 is 0. The fourth-order valence-corrected chi connectivity index (χ4v) is 3.91. The average molecular weight is 445 g/mol. The second-order valence-corrected chi connectivity index (χ2v) is 8.34. The Bertz CT molecular complexity index is 1310. The van der Waals surface area contributed by atoms with Crippen LogP contribution in [0.3, 0.4) is 0 Å². The molecule has 0 radical (unpaired) electrons. The molecule has 4 rings (SSSR count). The monoisotopic (exact) mass is 445 g/mol. The van der Waals surface area contributed by atoms with E-state index < -0.39 is 5.82 Å². The highest BCUT2D eigenvalue weighted by molar-refractivity contribution is 6.08. The third-order valence-corrected chi connectivity index (χ3v) is 5.55. The van der Waals surface area contributed by atoms with Crippen molar-refractivity contribution in [1.82, 2.24) is 9.78 Å². The summed E-state index contributed by atoms with van der Waals surface area (Å²) in [6, 6.07) is 14.9. The van der Waals surface area contributed by atoms with Crippen molar-refractivity contribution in [3.05, 3.63) is 94.8 Å². The van der Waals surface area contributed by atoms with E-state index in [2.05, 4.69) is 10.1 Å². The van der Waals surface area contributed by atoms with Crippen LogP contribution in [0.25, 0.3) is 5.69 Å². The Hall–Kier alpha value is -4.07. The molecule has 1 amide bonds. The van der Waals surface area contributed by atoms with Gasteiger partial charge in [0.15, 0.2) is 11.5 Å². The molecule has 2 heterocycles. The highest BCUT2D eigenvalue weighted by Crippen LogP contribution is 2.35. The molecular weight excluding hydrogens is 421 g/mol. The van der Waals surface area contributed by atoms with Crippen LogP contribution in [-0.2, 0) is 4.79 Å². The van der Waals surface area contributed by atoms with Crippen LogP contribution in [0, 0.1) is 5.82 Å². The number of anilines is 1. The van der Waals surface area contributed by atoms with Gasteiger partial charge in [0.05, 0.1) is 11.4 Å². The van der Waals surface area contributed by atoms with Gasteiger partial charge in [-0.15, -0.1) is 0 Å². The summed E-state index contributed by atoms with van der Waals surface area (Å²) in [5.41, 5.74) is 6.34. The van der Waals surface area contributed by atoms with Crippen molar-refractivity contribution in [3.8, 4) is 5.69 Å². The maximum Gasteiger partial charge on any atom is 0.227 e. The number of aromatic nitrogens is 2. The largest absolute Gasteiger partial charge is 0.405 e. The van der Waals surface area contributed by atoms with E-state index in [1.54, 1.807) is 29.2 Å². The second-order valence-electron chi connectivity index (χ2n) is 8.34. The molecule has 1 aliphatic heterocycles. The van der Waals surface area contributed by atoms with Gasteiger partial charge < -0.3 is 10.6 Å². The van der Waals surface area contributed by atoms with Crippen LogP contribution < -0.4 is 16.1 Å². The molecular formula is C25H24FN5O2. The first-order valence-electron chi connectivity index (χ1n) is 10.6. The normalized spacial score (nSPS) is 16.0. The third-order valence-electron chi connectivity index (χ3n) is 5.55. The Morgan fingerprint density at radius 3 is 2.55 bits per heavy atom. The topological polar surface area (TPSA) is 93.6 Å². The first kappa shape index (κ1) is 22.1. The number of amides is 1. The van der Waals surface area contributed by atoms with Gasteiger partial charge in [-0.05, 0) is 62.9 Å². The van der Waals surface area contributed by atoms with Crippen LogP contribution in [0.2, 0.25) is 0 Å². The van der Waals surface area contributed by atoms with E-state index >= 15 is 4.39 Å². The van der Waals surface area contributed by atoms with Crippen LogP contribution in [-0.4, -0.2) is 26.9 Å². The van der Waals surface area contributed by atoms with Gasteiger partial charge in [0, 0.05) is 29.9 Å². The molecule has 1 aromatic heterocycles. The van der Waals surface area contributed by atoms with Gasteiger partial charge in [-0.25, -0.2) is 14.1 Å². The van der Waals surface area contributed by atoms with E-state index in [9.17, 15) is 9.59 Å². The number of para-hydroxylation sites is 1. The molecule has 0 bridgehead atoms. The van der Waals surface area contributed by atoms with Crippen LogP contribution >= 0.6 is 0 Å². The van der Waals surface area contributed by atoms with Crippen molar-refractivity contribution in [2.75, 3.05) is 4.90 Å². The molecule has 7 nitrogen and oxygen atoms in total.